The number of hydrogen-bond donors (Lipinski definition) is 2. The molecule has 4 nitrogen and oxygen atoms in total. The minimum atomic E-state index is 0.167. The molecule has 3 atom stereocenters. The van der Waals surface area contributed by atoms with Crippen LogP contribution < -0.4 is 10.6 Å². The highest BCUT2D eigenvalue weighted by atomic mass is 16.2. The number of nitrogens with one attached hydrogen (secondary N) is 2. The third kappa shape index (κ3) is 4.77. The van der Waals surface area contributed by atoms with Gasteiger partial charge in [0.2, 0.25) is 5.91 Å². The first kappa shape index (κ1) is 14.8. The lowest BCUT2D eigenvalue weighted by atomic mass is 9.94. The maximum atomic E-state index is 12.2. The Balaban J connectivity index is 1.69. The molecule has 2 aliphatic rings. The zero-order valence-electron chi connectivity index (χ0n) is 12.5. The fraction of sp³-hybridized carbons (Fsp3) is 0.933. The molecule has 0 spiro atoms. The highest BCUT2D eigenvalue weighted by molar-refractivity contribution is 5.79. The minimum Gasteiger partial charge on any atom is -0.352 e. The van der Waals surface area contributed by atoms with E-state index in [0.29, 0.717) is 6.04 Å². The van der Waals surface area contributed by atoms with Crippen molar-refractivity contribution in [3.8, 4) is 0 Å². The smallest absolute Gasteiger partial charge is 0.224 e. The molecule has 2 aliphatic heterocycles. The first-order valence-corrected chi connectivity index (χ1v) is 7.91. The first-order valence-electron chi connectivity index (χ1n) is 7.91. The van der Waals surface area contributed by atoms with Crippen LogP contribution in [0.5, 0.6) is 0 Å². The molecule has 2 N–H and O–H groups in total. The van der Waals surface area contributed by atoms with Gasteiger partial charge in [0.15, 0.2) is 0 Å². The summed E-state index contributed by atoms with van der Waals surface area (Å²) in [5.74, 6) is 0.406. The molecule has 0 aromatic carbocycles. The van der Waals surface area contributed by atoms with Gasteiger partial charge in [-0.15, -0.1) is 0 Å². The van der Waals surface area contributed by atoms with E-state index in [2.05, 4.69) is 29.4 Å². The minimum absolute atomic E-state index is 0.167. The van der Waals surface area contributed by atoms with Gasteiger partial charge in [-0.3, -0.25) is 4.79 Å². The highest BCUT2D eigenvalue weighted by Crippen LogP contribution is 2.14. The van der Waals surface area contributed by atoms with Crippen LogP contribution >= 0.6 is 0 Å². The van der Waals surface area contributed by atoms with Gasteiger partial charge in [0.05, 0.1) is 5.92 Å². The van der Waals surface area contributed by atoms with Crippen LogP contribution in [0.2, 0.25) is 0 Å². The molecule has 2 saturated heterocycles. The van der Waals surface area contributed by atoms with Gasteiger partial charge >= 0.3 is 0 Å². The molecule has 4 heteroatoms. The number of hydrogen-bond acceptors (Lipinski definition) is 3. The number of carbonyl (C=O) groups excluding carboxylic acids is 1. The van der Waals surface area contributed by atoms with Gasteiger partial charge in [0.1, 0.15) is 0 Å². The van der Waals surface area contributed by atoms with E-state index < -0.39 is 0 Å². The van der Waals surface area contributed by atoms with Crippen molar-refractivity contribution in [2.75, 3.05) is 26.2 Å². The van der Waals surface area contributed by atoms with Gasteiger partial charge in [0.25, 0.3) is 0 Å². The molecule has 0 aromatic heterocycles. The van der Waals surface area contributed by atoms with E-state index in [-0.39, 0.29) is 17.9 Å². The van der Waals surface area contributed by atoms with Crippen LogP contribution in [-0.4, -0.2) is 49.1 Å². The summed E-state index contributed by atoms with van der Waals surface area (Å²) >= 11 is 0. The van der Waals surface area contributed by atoms with Gasteiger partial charge in [-0.05, 0) is 52.6 Å². The van der Waals surface area contributed by atoms with Crippen molar-refractivity contribution in [2.45, 2.75) is 58.0 Å². The quantitative estimate of drug-likeness (QED) is 0.808. The Morgan fingerprint density at radius 1 is 1.32 bits per heavy atom. The van der Waals surface area contributed by atoms with Crippen molar-refractivity contribution in [2.24, 2.45) is 5.92 Å². The third-order valence-corrected chi connectivity index (χ3v) is 4.40. The Hall–Kier alpha value is -0.610. The van der Waals surface area contributed by atoms with E-state index in [9.17, 15) is 4.79 Å². The van der Waals surface area contributed by atoms with Crippen LogP contribution in [0.1, 0.15) is 46.0 Å². The number of likely N-dealkylation sites (tertiary alicyclic amines) is 1. The topological polar surface area (TPSA) is 44.4 Å². The lowest BCUT2D eigenvalue weighted by Crippen LogP contribution is -2.49. The lowest BCUT2D eigenvalue weighted by Gasteiger charge is -2.31. The van der Waals surface area contributed by atoms with Crippen molar-refractivity contribution in [1.82, 2.24) is 15.5 Å². The van der Waals surface area contributed by atoms with Gasteiger partial charge < -0.3 is 15.5 Å². The zero-order chi connectivity index (χ0) is 13.7. The van der Waals surface area contributed by atoms with E-state index in [1.54, 1.807) is 0 Å². The normalized spacial score (nSPS) is 30.8. The monoisotopic (exact) mass is 267 g/mol. The van der Waals surface area contributed by atoms with E-state index in [1.807, 2.05) is 0 Å². The summed E-state index contributed by atoms with van der Waals surface area (Å²) in [6.45, 7) is 8.55. The molecule has 2 heterocycles. The van der Waals surface area contributed by atoms with Crippen LogP contribution in [0.15, 0.2) is 0 Å². The fourth-order valence-electron chi connectivity index (χ4n) is 3.16. The summed E-state index contributed by atoms with van der Waals surface area (Å²) in [5.41, 5.74) is 0. The van der Waals surface area contributed by atoms with Gasteiger partial charge in [-0.1, -0.05) is 6.42 Å². The van der Waals surface area contributed by atoms with Crippen molar-refractivity contribution in [3.63, 3.8) is 0 Å². The predicted molar refractivity (Wildman–Crippen MR) is 78.1 cm³/mol. The Morgan fingerprint density at radius 3 is 2.68 bits per heavy atom. The molecule has 2 rings (SSSR count). The van der Waals surface area contributed by atoms with Gasteiger partial charge in [-0.2, -0.15) is 0 Å². The van der Waals surface area contributed by atoms with E-state index in [0.717, 1.165) is 25.9 Å². The molecule has 0 aromatic rings. The summed E-state index contributed by atoms with van der Waals surface area (Å²) in [6.07, 6.45) is 6.12. The van der Waals surface area contributed by atoms with Gasteiger partial charge in [-0.25, -0.2) is 0 Å². The Bertz CT molecular complexity index is 281. The number of nitrogens with zero attached hydrogens (tertiary/aromatic N) is 1. The molecule has 1 amide bonds. The Labute approximate surface area is 117 Å². The summed E-state index contributed by atoms with van der Waals surface area (Å²) in [4.78, 5) is 14.7. The van der Waals surface area contributed by atoms with Crippen molar-refractivity contribution in [3.05, 3.63) is 0 Å². The number of amides is 1. The van der Waals surface area contributed by atoms with Crippen LogP contribution in [0.3, 0.4) is 0 Å². The standard InChI is InChI=1S/C15H29N3O/c1-12-6-7-14(10-16-12)15(19)17-13(2)11-18-8-4-3-5-9-18/h12-14,16H,3-11H2,1-2H3,(H,17,19). The average Bonchev–Trinajstić information content (AvgIpc) is 2.40. The molecule has 3 unspecified atom stereocenters. The summed E-state index contributed by atoms with van der Waals surface area (Å²) in [7, 11) is 0. The second kappa shape index (κ2) is 7.25. The molecule has 0 bridgehead atoms. The molecule has 0 radical (unpaired) electrons. The lowest BCUT2D eigenvalue weighted by molar-refractivity contribution is -0.126. The molecular formula is C15H29N3O. The SMILES string of the molecule is CC1CCC(C(=O)NC(C)CN2CCCCC2)CN1. The molecule has 0 aliphatic carbocycles. The number of rotatable bonds is 4. The number of carbonyl (C=O) groups is 1. The largest absolute Gasteiger partial charge is 0.352 e. The zero-order valence-corrected chi connectivity index (χ0v) is 12.5. The van der Waals surface area contributed by atoms with E-state index >= 15 is 0 Å². The second-order valence-electron chi connectivity index (χ2n) is 6.35. The molecule has 110 valence electrons. The molecular weight excluding hydrogens is 238 g/mol. The van der Waals surface area contributed by atoms with Crippen LogP contribution in [0.4, 0.5) is 0 Å². The highest BCUT2D eigenvalue weighted by Gasteiger charge is 2.25. The van der Waals surface area contributed by atoms with Crippen molar-refractivity contribution < 1.29 is 4.79 Å². The summed E-state index contributed by atoms with van der Waals surface area (Å²) < 4.78 is 0. The van der Waals surface area contributed by atoms with Gasteiger partial charge in [0, 0.05) is 25.2 Å². The predicted octanol–water partition coefficient (Wildman–Crippen LogP) is 1.37. The van der Waals surface area contributed by atoms with E-state index in [4.69, 9.17) is 0 Å². The fourth-order valence-corrected chi connectivity index (χ4v) is 3.16. The second-order valence-corrected chi connectivity index (χ2v) is 6.35. The maximum Gasteiger partial charge on any atom is 0.224 e. The van der Waals surface area contributed by atoms with E-state index in [1.165, 1.54) is 32.4 Å². The molecule has 19 heavy (non-hydrogen) atoms. The Kier molecular flexibility index (Phi) is 5.64. The van der Waals surface area contributed by atoms with Crippen LogP contribution in [0.25, 0.3) is 0 Å². The van der Waals surface area contributed by atoms with Crippen LogP contribution in [0, 0.1) is 5.92 Å². The third-order valence-electron chi connectivity index (χ3n) is 4.40. The molecule has 0 saturated carbocycles. The summed E-state index contributed by atoms with van der Waals surface area (Å²) in [5, 5.41) is 6.59. The average molecular weight is 267 g/mol. The Morgan fingerprint density at radius 2 is 2.05 bits per heavy atom. The maximum absolute atomic E-state index is 12.2. The molecule has 2 fully saturated rings. The van der Waals surface area contributed by atoms with Crippen molar-refractivity contribution >= 4 is 5.91 Å². The van der Waals surface area contributed by atoms with Crippen molar-refractivity contribution in [1.29, 1.82) is 0 Å². The summed E-state index contributed by atoms with van der Waals surface area (Å²) in [6, 6.07) is 0.833. The number of piperidine rings is 2. The van der Waals surface area contributed by atoms with Crippen LogP contribution in [-0.2, 0) is 4.79 Å². The first-order chi connectivity index (χ1) is 9.15.